The molecular weight excluding hydrogens is 364 g/mol. The Labute approximate surface area is 160 Å². The molecular formula is C20H26N2O4S. The highest BCUT2D eigenvalue weighted by molar-refractivity contribution is 7.92. The fraction of sp³-hybridized carbons (Fsp3) is 0.350. The Morgan fingerprint density at radius 2 is 1.81 bits per heavy atom. The van der Waals surface area contributed by atoms with Crippen LogP contribution in [0.4, 0.5) is 5.69 Å². The molecule has 0 aliphatic heterocycles. The molecule has 0 aromatic heterocycles. The number of aryl methyl sites for hydroxylation is 1. The van der Waals surface area contributed by atoms with Gasteiger partial charge < -0.3 is 10.4 Å². The number of carbonyl (C=O) groups excluding carboxylic acids is 1. The predicted molar refractivity (Wildman–Crippen MR) is 106 cm³/mol. The van der Waals surface area contributed by atoms with Gasteiger partial charge in [-0.3, -0.25) is 9.52 Å². The first-order valence-electron chi connectivity index (χ1n) is 9.07. The molecule has 2 rings (SSSR count). The summed E-state index contributed by atoms with van der Waals surface area (Å²) in [7, 11) is -3.79. The number of hydrogen-bond donors (Lipinski definition) is 3. The number of benzene rings is 2. The Morgan fingerprint density at radius 3 is 2.48 bits per heavy atom. The molecule has 146 valence electrons. The maximum atomic E-state index is 12.6. The molecule has 0 aliphatic carbocycles. The van der Waals surface area contributed by atoms with Crippen molar-refractivity contribution >= 4 is 21.6 Å². The lowest BCUT2D eigenvalue weighted by molar-refractivity contribution is 0.0951. The molecule has 1 amide bonds. The first-order valence-corrected chi connectivity index (χ1v) is 10.6. The number of aliphatic hydroxyl groups excluding tert-OH is 1. The number of sulfonamides is 1. The van der Waals surface area contributed by atoms with E-state index in [2.05, 4.69) is 17.0 Å². The lowest BCUT2D eigenvalue weighted by Crippen LogP contribution is -2.25. The molecule has 0 fully saturated rings. The summed E-state index contributed by atoms with van der Waals surface area (Å²) in [5.41, 5.74) is 1.90. The number of aliphatic hydroxyl groups is 1. The zero-order valence-corrected chi connectivity index (χ0v) is 16.3. The fourth-order valence-electron chi connectivity index (χ4n) is 2.52. The van der Waals surface area contributed by atoms with Crippen LogP contribution in [0.25, 0.3) is 0 Å². The van der Waals surface area contributed by atoms with Gasteiger partial charge in [0, 0.05) is 24.4 Å². The van der Waals surface area contributed by atoms with E-state index in [0.717, 1.165) is 19.3 Å². The number of nitrogens with one attached hydrogen (secondary N) is 2. The maximum absolute atomic E-state index is 12.6. The topological polar surface area (TPSA) is 95.5 Å². The van der Waals surface area contributed by atoms with Crippen molar-refractivity contribution in [2.75, 3.05) is 17.9 Å². The van der Waals surface area contributed by atoms with E-state index in [1.54, 1.807) is 18.2 Å². The number of hydrogen-bond acceptors (Lipinski definition) is 4. The quantitative estimate of drug-likeness (QED) is 0.544. The average Bonchev–Trinajstić information content (AvgIpc) is 2.67. The third kappa shape index (κ3) is 6.37. The van der Waals surface area contributed by atoms with E-state index in [0.29, 0.717) is 18.7 Å². The van der Waals surface area contributed by atoms with Gasteiger partial charge in [-0.05, 0) is 55.2 Å². The van der Waals surface area contributed by atoms with Crippen molar-refractivity contribution in [1.82, 2.24) is 5.32 Å². The SMILES string of the molecule is CCCCc1ccc(NS(=O)(=O)c2cccc(C(=O)NCCCO)c2)cc1. The monoisotopic (exact) mass is 390 g/mol. The number of unbranched alkanes of at least 4 members (excludes halogenated alkanes) is 1. The van der Waals surface area contributed by atoms with Gasteiger partial charge in [-0.1, -0.05) is 31.5 Å². The van der Waals surface area contributed by atoms with Crippen LogP contribution in [0.5, 0.6) is 0 Å². The van der Waals surface area contributed by atoms with E-state index < -0.39 is 10.0 Å². The predicted octanol–water partition coefficient (Wildman–Crippen LogP) is 2.94. The zero-order valence-electron chi connectivity index (χ0n) is 15.4. The smallest absolute Gasteiger partial charge is 0.261 e. The van der Waals surface area contributed by atoms with Crippen molar-refractivity contribution < 1.29 is 18.3 Å². The van der Waals surface area contributed by atoms with Crippen LogP contribution in [0.2, 0.25) is 0 Å². The first-order chi connectivity index (χ1) is 13.0. The van der Waals surface area contributed by atoms with Crippen LogP contribution in [0.3, 0.4) is 0 Å². The van der Waals surface area contributed by atoms with Gasteiger partial charge in [0.1, 0.15) is 0 Å². The molecule has 27 heavy (non-hydrogen) atoms. The van der Waals surface area contributed by atoms with Gasteiger partial charge in [0.05, 0.1) is 4.90 Å². The molecule has 0 heterocycles. The highest BCUT2D eigenvalue weighted by Crippen LogP contribution is 2.18. The van der Waals surface area contributed by atoms with Gasteiger partial charge >= 0.3 is 0 Å². The van der Waals surface area contributed by atoms with Crippen molar-refractivity contribution in [3.8, 4) is 0 Å². The van der Waals surface area contributed by atoms with Crippen LogP contribution >= 0.6 is 0 Å². The van der Waals surface area contributed by atoms with Crippen molar-refractivity contribution in [2.24, 2.45) is 0 Å². The summed E-state index contributed by atoms with van der Waals surface area (Å²) in [6.07, 6.45) is 3.62. The minimum absolute atomic E-state index is 0.0180. The molecule has 2 aromatic rings. The first kappa shape index (κ1) is 20.9. The molecule has 3 N–H and O–H groups in total. The van der Waals surface area contributed by atoms with Gasteiger partial charge in [0.15, 0.2) is 0 Å². The summed E-state index contributed by atoms with van der Waals surface area (Å²) in [6.45, 7) is 2.44. The molecule has 0 saturated carbocycles. The Bertz CT molecular complexity index is 849. The molecule has 0 bridgehead atoms. The van der Waals surface area contributed by atoms with E-state index in [4.69, 9.17) is 5.11 Å². The lowest BCUT2D eigenvalue weighted by atomic mass is 10.1. The normalized spacial score (nSPS) is 11.2. The van der Waals surface area contributed by atoms with E-state index >= 15 is 0 Å². The molecule has 7 heteroatoms. The molecule has 2 aromatic carbocycles. The van der Waals surface area contributed by atoms with Crippen LogP contribution in [-0.2, 0) is 16.4 Å². The van der Waals surface area contributed by atoms with E-state index in [1.165, 1.54) is 23.8 Å². The maximum Gasteiger partial charge on any atom is 0.261 e. The molecule has 6 nitrogen and oxygen atoms in total. The Hall–Kier alpha value is -2.38. The van der Waals surface area contributed by atoms with Gasteiger partial charge in [-0.15, -0.1) is 0 Å². The second-order valence-electron chi connectivity index (χ2n) is 6.27. The standard InChI is InChI=1S/C20H26N2O4S/c1-2-3-6-16-9-11-18(12-10-16)22-27(25,26)19-8-4-7-17(15-19)20(24)21-13-5-14-23/h4,7-12,15,22-23H,2-3,5-6,13-14H2,1H3,(H,21,24). The van der Waals surface area contributed by atoms with Gasteiger partial charge in [0.2, 0.25) is 0 Å². The zero-order chi connectivity index (χ0) is 19.7. The van der Waals surface area contributed by atoms with Crippen LogP contribution in [-0.4, -0.2) is 32.6 Å². The van der Waals surface area contributed by atoms with Gasteiger partial charge in [-0.2, -0.15) is 0 Å². The molecule has 0 unspecified atom stereocenters. The van der Waals surface area contributed by atoms with Crippen molar-refractivity contribution in [1.29, 1.82) is 0 Å². The van der Waals surface area contributed by atoms with Gasteiger partial charge in [0.25, 0.3) is 15.9 Å². The van der Waals surface area contributed by atoms with Crippen molar-refractivity contribution in [2.45, 2.75) is 37.5 Å². The molecule has 0 aliphatic rings. The number of anilines is 1. The second kappa shape index (κ2) is 10.1. The summed E-state index contributed by atoms with van der Waals surface area (Å²) >= 11 is 0. The van der Waals surface area contributed by atoms with Crippen molar-refractivity contribution in [3.63, 3.8) is 0 Å². The van der Waals surface area contributed by atoms with E-state index in [9.17, 15) is 13.2 Å². The minimum Gasteiger partial charge on any atom is -0.396 e. The number of amides is 1. The Morgan fingerprint density at radius 1 is 1.07 bits per heavy atom. The highest BCUT2D eigenvalue weighted by atomic mass is 32.2. The molecule has 0 radical (unpaired) electrons. The van der Waals surface area contributed by atoms with Crippen LogP contribution < -0.4 is 10.0 Å². The van der Waals surface area contributed by atoms with Crippen LogP contribution in [0, 0.1) is 0 Å². The molecule has 0 saturated heterocycles. The Balaban J connectivity index is 2.09. The molecule has 0 spiro atoms. The number of rotatable bonds is 10. The number of carbonyl (C=O) groups is 1. The van der Waals surface area contributed by atoms with E-state index in [-0.39, 0.29) is 23.0 Å². The average molecular weight is 391 g/mol. The summed E-state index contributed by atoms with van der Waals surface area (Å²) in [4.78, 5) is 12.1. The third-order valence-corrected chi connectivity index (χ3v) is 5.43. The summed E-state index contributed by atoms with van der Waals surface area (Å²) in [5.74, 6) is -0.374. The lowest BCUT2D eigenvalue weighted by Gasteiger charge is -2.10. The summed E-state index contributed by atoms with van der Waals surface area (Å²) in [6, 6.07) is 13.2. The van der Waals surface area contributed by atoms with Crippen LogP contribution in [0.1, 0.15) is 42.1 Å². The highest BCUT2D eigenvalue weighted by Gasteiger charge is 2.16. The molecule has 0 atom stereocenters. The van der Waals surface area contributed by atoms with E-state index in [1.807, 2.05) is 12.1 Å². The largest absolute Gasteiger partial charge is 0.396 e. The Kier molecular flexibility index (Phi) is 7.82. The van der Waals surface area contributed by atoms with Crippen molar-refractivity contribution in [3.05, 3.63) is 59.7 Å². The van der Waals surface area contributed by atoms with Crippen LogP contribution in [0.15, 0.2) is 53.4 Å². The summed E-state index contributed by atoms with van der Waals surface area (Å²) in [5, 5.41) is 11.4. The minimum atomic E-state index is -3.79. The second-order valence-corrected chi connectivity index (χ2v) is 7.95. The third-order valence-electron chi connectivity index (χ3n) is 4.05. The summed E-state index contributed by atoms with van der Waals surface area (Å²) < 4.78 is 27.8. The fourth-order valence-corrected chi connectivity index (χ4v) is 3.63. The van der Waals surface area contributed by atoms with Gasteiger partial charge in [-0.25, -0.2) is 8.42 Å².